The maximum atomic E-state index is 10.3. The molecule has 0 amide bonds. The van der Waals surface area contributed by atoms with Crippen LogP contribution in [0.25, 0.3) is 0 Å². The first-order valence-electron chi connectivity index (χ1n) is 6.36. The van der Waals surface area contributed by atoms with Crippen molar-refractivity contribution in [2.75, 3.05) is 0 Å². The lowest BCUT2D eigenvalue weighted by molar-refractivity contribution is 0.0900. The molecule has 3 atom stereocenters. The Kier molecular flexibility index (Phi) is 3.79. The molecule has 1 aliphatic carbocycles. The van der Waals surface area contributed by atoms with E-state index in [1.807, 2.05) is 14.0 Å². The Morgan fingerprint density at radius 3 is 2.71 bits per heavy atom. The van der Waals surface area contributed by atoms with Crippen molar-refractivity contribution in [3.8, 4) is 0 Å². The molecule has 2 rings (SSSR count). The van der Waals surface area contributed by atoms with Gasteiger partial charge in [0, 0.05) is 19.0 Å². The van der Waals surface area contributed by atoms with Gasteiger partial charge in [0.15, 0.2) is 0 Å². The SMILES string of the molecule is Cc1nn(C)c(Cl)c1CC(O)C1CCCC1C. The van der Waals surface area contributed by atoms with Gasteiger partial charge in [-0.3, -0.25) is 4.68 Å². The van der Waals surface area contributed by atoms with E-state index >= 15 is 0 Å². The third kappa shape index (κ3) is 2.50. The highest BCUT2D eigenvalue weighted by Crippen LogP contribution is 2.35. The summed E-state index contributed by atoms with van der Waals surface area (Å²) in [6.07, 6.45) is 3.96. The van der Waals surface area contributed by atoms with Crippen molar-refractivity contribution >= 4 is 11.6 Å². The van der Waals surface area contributed by atoms with Gasteiger partial charge in [-0.15, -0.1) is 0 Å². The summed E-state index contributed by atoms with van der Waals surface area (Å²) in [6.45, 7) is 4.19. The molecule has 3 nitrogen and oxygen atoms in total. The van der Waals surface area contributed by atoms with Crippen LogP contribution in [0.2, 0.25) is 5.15 Å². The lowest BCUT2D eigenvalue weighted by Crippen LogP contribution is -2.25. The Morgan fingerprint density at radius 2 is 2.24 bits per heavy atom. The number of halogens is 1. The zero-order valence-corrected chi connectivity index (χ0v) is 11.5. The van der Waals surface area contributed by atoms with E-state index in [1.165, 1.54) is 12.8 Å². The molecule has 0 aromatic carbocycles. The molecule has 1 N–H and O–H groups in total. The van der Waals surface area contributed by atoms with E-state index in [-0.39, 0.29) is 6.10 Å². The minimum Gasteiger partial charge on any atom is -0.392 e. The zero-order valence-electron chi connectivity index (χ0n) is 10.8. The summed E-state index contributed by atoms with van der Waals surface area (Å²) in [5.74, 6) is 1.05. The Morgan fingerprint density at radius 1 is 1.53 bits per heavy atom. The van der Waals surface area contributed by atoms with Crippen LogP contribution < -0.4 is 0 Å². The predicted octanol–water partition coefficient (Wildman–Crippen LogP) is 2.72. The Hall–Kier alpha value is -0.540. The minimum atomic E-state index is -0.284. The van der Waals surface area contributed by atoms with Crippen LogP contribution >= 0.6 is 11.6 Å². The molecule has 1 aliphatic rings. The van der Waals surface area contributed by atoms with Gasteiger partial charge in [-0.25, -0.2) is 0 Å². The first-order chi connectivity index (χ1) is 8.00. The van der Waals surface area contributed by atoms with Gasteiger partial charge in [-0.05, 0) is 25.2 Å². The van der Waals surface area contributed by atoms with Crippen molar-refractivity contribution in [3.05, 3.63) is 16.4 Å². The molecule has 1 heterocycles. The molecule has 3 unspecified atom stereocenters. The third-order valence-corrected chi connectivity index (χ3v) is 4.58. The average Bonchev–Trinajstić information content (AvgIpc) is 2.78. The van der Waals surface area contributed by atoms with Gasteiger partial charge < -0.3 is 5.11 Å². The van der Waals surface area contributed by atoms with Gasteiger partial charge in [0.1, 0.15) is 5.15 Å². The molecule has 1 fully saturated rings. The first-order valence-corrected chi connectivity index (χ1v) is 6.74. The zero-order chi connectivity index (χ0) is 12.6. The van der Waals surface area contributed by atoms with Gasteiger partial charge >= 0.3 is 0 Å². The van der Waals surface area contributed by atoms with Crippen LogP contribution in [0, 0.1) is 18.8 Å². The summed E-state index contributed by atoms with van der Waals surface area (Å²) in [7, 11) is 1.84. The highest BCUT2D eigenvalue weighted by molar-refractivity contribution is 6.30. The van der Waals surface area contributed by atoms with E-state index in [1.54, 1.807) is 4.68 Å². The maximum Gasteiger partial charge on any atom is 0.130 e. The van der Waals surface area contributed by atoms with E-state index < -0.39 is 0 Å². The summed E-state index contributed by atoms with van der Waals surface area (Å²) >= 11 is 6.19. The standard InChI is InChI=1S/C13H21ClN2O/c1-8-5-4-6-10(8)12(17)7-11-9(2)15-16(3)13(11)14/h8,10,12,17H,4-7H2,1-3H3. The average molecular weight is 257 g/mol. The van der Waals surface area contributed by atoms with E-state index in [4.69, 9.17) is 11.6 Å². The first kappa shape index (κ1) is 12.9. The van der Waals surface area contributed by atoms with Crippen LogP contribution in [0.3, 0.4) is 0 Å². The molecule has 4 heteroatoms. The topological polar surface area (TPSA) is 38.0 Å². The van der Waals surface area contributed by atoms with Crippen molar-refractivity contribution in [1.82, 2.24) is 9.78 Å². The fraction of sp³-hybridized carbons (Fsp3) is 0.769. The van der Waals surface area contributed by atoms with Crippen LogP contribution in [0.4, 0.5) is 0 Å². The van der Waals surface area contributed by atoms with E-state index in [2.05, 4.69) is 12.0 Å². The molecular weight excluding hydrogens is 236 g/mol. The molecule has 1 aromatic rings. The van der Waals surface area contributed by atoms with E-state index in [0.717, 1.165) is 17.7 Å². The minimum absolute atomic E-state index is 0.284. The van der Waals surface area contributed by atoms with Crippen LogP contribution in [0.1, 0.15) is 37.4 Å². The number of hydrogen-bond donors (Lipinski definition) is 1. The number of nitrogens with zero attached hydrogens (tertiary/aromatic N) is 2. The summed E-state index contributed by atoms with van der Waals surface area (Å²) in [6, 6.07) is 0. The molecule has 0 aliphatic heterocycles. The molecule has 17 heavy (non-hydrogen) atoms. The van der Waals surface area contributed by atoms with Crippen LogP contribution in [0.5, 0.6) is 0 Å². The van der Waals surface area contributed by atoms with Gasteiger partial charge in [-0.2, -0.15) is 5.10 Å². The number of aliphatic hydroxyl groups is 1. The van der Waals surface area contributed by atoms with Crippen molar-refractivity contribution < 1.29 is 5.11 Å². The number of aromatic nitrogens is 2. The fourth-order valence-corrected chi connectivity index (χ4v) is 3.26. The van der Waals surface area contributed by atoms with Crippen LogP contribution in [0.15, 0.2) is 0 Å². The van der Waals surface area contributed by atoms with Crippen molar-refractivity contribution in [2.24, 2.45) is 18.9 Å². The quantitative estimate of drug-likeness (QED) is 0.903. The van der Waals surface area contributed by atoms with Crippen LogP contribution in [-0.4, -0.2) is 21.0 Å². The molecule has 0 spiro atoms. The fourth-order valence-electron chi connectivity index (χ4n) is 3.01. The Bertz CT molecular complexity index is 402. The van der Waals surface area contributed by atoms with Gasteiger partial charge in [-0.1, -0.05) is 31.4 Å². The third-order valence-electron chi connectivity index (χ3n) is 4.11. The highest BCUT2D eigenvalue weighted by atomic mass is 35.5. The van der Waals surface area contributed by atoms with E-state index in [9.17, 15) is 5.11 Å². The Labute approximate surface area is 108 Å². The second-order valence-electron chi connectivity index (χ2n) is 5.32. The number of hydrogen-bond acceptors (Lipinski definition) is 2. The normalized spacial score (nSPS) is 26.4. The van der Waals surface area contributed by atoms with Gasteiger partial charge in [0.2, 0.25) is 0 Å². The molecule has 1 aromatic heterocycles. The largest absolute Gasteiger partial charge is 0.392 e. The lowest BCUT2D eigenvalue weighted by Gasteiger charge is -2.22. The number of rotatable bonds is 3. The Balaban J connectivity index is 2.10. The van der Waals surface area contributed by atoms with Crippen LogP contribution in [-0.2, 0) is 13.5 Å². The van der Waals surface area contributed by atoms with Crippen molar-refractivity contribution in [1.29, 1.82) is 0 Å². The molecule has 0 bridgehead atoms. The molecule has 1 saturated carbocycles. The maximum absolute atomic E-state index is 10.3. The summed E-state index contributed by atoms with van der Waals surface area (Å²) in [5, 5.41) is 15.3. The molecule has 0 saturated heterocycles. The summed E-state index contributed by atoms with van der Waals surface area (Å²) < 4.78 is 1.68. The van der Waals surface area contributed by atoms with E-state index in [0.29, 0.717) is 23.4 Å². The molecule has 0 radical (unpaired) electrons. The smallest absolute Gasteiger partial charge is 0.130 e. The second-order valence-corrected chi connectivity index (χ2v) is 5.68. The molecular formula is C13H21ClN2O. The number of aryl methyl sites for hydroxylation is 2. The summed E-state index contributed by atoms with van der Waals surface area (Å²) in [4.78, 5) is 0. The lowest BCUT2D eigenvalue weighted by atomic mass is 9.89. The predicted molar refractivity (Wildman–Crippen MR) is 69.2 cm³/mol. The second kappa shape index (κ2) is 4.99. The molecule has 96 valence electrons. The van der Waals surface area contributed by atoms with Crippen molar-refractivity contribution in [3.63, 3.8) is 0 Å². The highest BCUT2D eigenvalue weighted by Gasteiger charge is 2.30. The van der Waals surface area contributed by atoms with Gasteiger partial charge in [0.25, 0.3) is 0 Å². The number of aliphatic hydroxyl groups excluding tert-OH is 1. The van der Waals surface area contributed by atoms with Gasteiger partial charge in [0.05, 0.1) is 11.8 Å². The monoisotopic (exact) mass is 256 g/mol. The van der Waals surface area contributed by atoms with Crippen molar-refractivity contribution in [2.45, 2.75) is 45.6 Å². The summed E-state index contributed by atoms with van der Waals surface area (Å²) in [5.41, 5.74) is 1.93.